The van der Waals surface area contributed by atoms with Crippen molar-refractivity contribution in [2.24, 2.45) is 0 Å². The highest BCUT2D eigenvalue weighted by molar-refractivity contribution is 9.10. The van der Waals surface area contributed by atoms with Gasteiger partial charge in [0.25, 0.3) is 0 Å². The van der Waals surface area contributed by atoms with E-state index in [-0.39, 0.29) is 5.78 Å². The topological polar surface area (TPSA) is 40.5 Å². The first-order valence-electron chi connectivity index (χ1n) is 6.24. The number of Topliss-reactive ketones (excluding diaryl/α,β-unsaturated/α-hetero) is 1. The fourth-order valence-electron chi connectivity index (χ4n) is 1.91. The minimum atomic E-state index is -1.14. The highest BCUT2D eigenvalue weighted by Gasteiger charge is 2.19. The van der Waals surface area contributed by atoms with Crippen molar-refractivity contribution in [3.05, 3.63) is 64.1 Å². The second-order valence-corrected chi connectivity index (χ2v) is 5.68. The molecular formula is C16H16BrNO2. The van der Waals surface area contributed by atoms with Gasteiger partial charge in [0.1, 0.15) is 6.10 Å². The molecule has 0 aliphatic rings. The van der Waals surface area contributed by atoms with Gasteiger partial charge >= 0.3 is 0 Å². The van der Waals surface area contributed by atoms with Gasteiger partial charge in [-0.3, -0.25) is 4.79 Å². The molecule has 0 aliphatic carbocycles. The van der Waals surface area contributed by atoms with Crippen LogP contribution in [-0.2, 0) is 0 Å². The fraction of sp³-hybridized carbons (Fsp3) is 0.188. The number of anilines is 1. The molecule has 0 heterocycles. The van der Waals surface area contributed by atoms with Gasteiger partial charge in [-0.1, -0.05) is 28.1 Å². The van der Waals surface area contributed by atoms with Crippen LogP contribution in [0.25, 0.3) is 0 Å². The van der Waals surface area contributed by atoms with E-state index in [1.807, 2.05) is 37.2 Å². The van der Waals surface area contributed by atoms with Gasteiger partial charge in [-0.2, -0.15) is 0 Å². The van der Waals surface area contributed by atoms with Crippen LogP contribution < -0.4 is 4.90 Å². The maximum atomic E-state index is 12.3. The first-order valence-corrected chi connectivity index (χ1v) is 7.03. The van der Waals surface area contributed by atoms with E-state index in [1.54, 1.807) is 30.3 Å². The van der Waals surface area contributed by atoms with E-state index in [9.17, 15) is 9.90 Å². The Balaban J connectivity index is 2.22. The molecule has 0 aromatic heterocycles. The van der Waals surface area contributed by atoms with E-state index in [2.05, 4.69) is 15.9 Å². The quantitative estimate of drug-likeness (QED) is 0.871. The van der Waals surface area contributed by atoms with E-state index in [1.165, 1.54) is 0 Å². The number of aliphatic hydroxyl groups is 1. The van der Waals surface area contributed by atoms with Crippen LogP contribution >= 0.6 is 15.9 Å². The van der Waals surface area contributed by atoms with Gasteiger partial charge in [0.15, 0.2) is 5.78 Å². The normalized spacial score (nSPS) is 12.0. The maximum Gasteiger partial charge on any atom is 0.195 e. The Morgan fingerprint density at radius 2 is 1.80 bits per heavy atom. The van der Waals surface area contributed by atoms with Crippen LogP contribution in [0.3, 0.4) is 0 Å². The van der Waals surface area contributed by atoms with Crippen molar-refractivity contribution in [3.63, 3.8) is 0 Å². The number of carbonyl (C=O) groups is 1. The molecule has 0 aliphatic heterocycles. The van der Waals surface area contributed by atoms with Gasteiger partial charge in [-0.05, 0) is 42.0 Å². The van der Waals surface area contributed by atoms with Gasteiger partial charge < -0.3 is 10.0 Å². The molecule has 2 aromatic carbocycles. The van der Waals surface area contributed by atoms with Crippen molar-refractivity contribution in [2.45, 2.75) is 6.10 Å². The zero-order valence-corrected chi connectivity index (χ0v) is 13.0. The summed E-state index contributed by atoms with van der Waals surface area (Å²) in [6, 6.07) is 14.3. The van der Waals surface area contributed by atoms with Gasteiger partial charge in [0, 0.05) is 29.8 Å². The largest absolute Gasteiger partial charge is 0.380 e. The van der Waals surface area contributed by atoms with E-state index in [0.717, 1.165) is 10.2 Å². The summed E-state index contributed by atoms with van der Waals surface area (Å²) in [5.74, 6) is -0.298. The third-order valence-electron chi connectivity index (χ3n) is 3.08. The molecule has 104 valence electrons. The van der Waals surface area contributed by atoms with E-state index in [4.69, 9.17) is 0 Å². The van der Waals surface area contributed by atoms with Crippen molar-refractivity contribution in [1.82, 2.24) is 0 Å². The molecule has 0 spiro atoms. The lowest BCUT2D eigenvalue weighted by Crippen LogP contribution is -2.13. The first-order chi connectivity index (χ1) is 9.49. The van der Waals surface area contributed by atoms with Crippen molar-refractivity contribution in [1.29, 1.82) is 0 Å². The Labute approximate surface area is 127 Å². The number of aliphatic hydroxyl groups excluding tert-OH is 1. The monoisotopic (exact) mass is 333 g/mol. The van der Waals surface area contributed by atoms with Crippen LogP contribution in [0.4, 0.5) is 5.69 Å². The second kappa shape index (κ2) is 6.20. The lowest BCUT2D eigenvalue weighted by atomic mass is 10.00. The molecule has 1 N–H and O–H groups in total. The third-order valence-corrected chi connectivity index (χ3v) is 3.57. The Kier molecular flexibility index (Phi) is 4.57. The number of hydrogen-bond acceptors (Lipinski definition) is 3. The van der Waals surface area contributed by atoms with Gasteiger partial charge in [-0.25, -0.2) is 0 Å². The summed E-state index contributed by atoms with van der Waals surface area (Å²) in [6.45, 7) is 0. The predicted octanol–water partition coefficient (Wildman–Crippen LogP) is 3.43. The summed E-state index contributed by atoms with van der Waals surface area (Å²) in [7, 11) is 3.88. The molecule has 1 unspecified atom stereocenters. The number of benzene rings is 2. The summed E-state index contributed by atoms with van der Waals surface area (Å²) in [6.07, 6.45) is -1.14. The molecular weight excluding hydrogens is 318 g/mol. The predicted molar refractivity (Wildman–Crippen MR) is 84.2 cm³/mol. The minimum Gasteiger partial charge on any atom is -0.380 e. The Morgan fingerprint density at radius 3 is 2.35 bits per heavy atom. The Hall–Kier alpha value is -1.65. The Morgan fingerprint density at radius 1 is 1.15 bits per heavy atom. The highest BCUT2D eigenvalue weighted by Crippen LogP contribution is 2.22. The number of halogens is 1. The maximum absolute atomic E-state index is 12.3. The van der Waals surface area contributed by atoms with Crippen LogP contribution in [0, 0.1) is 0 Å². The van der Waals surface area contributed by atoms with Crippen LogP contribution in [-0.4, -0.2) is 25.0 Å². The average molecular weight is 334 g/mol. The number of carbonyl (C=O) groups excluding carboxylic acids is 1. The molecule has 1 atom stereocenters. The number of nitrogens with zero attached hydrogens (tertiary/aromatic N) is 1. The molecule has 20 heavy (non-hydrogen) atoms. The molecule has 2 rings (SSSR count). The van der Waals surface area contributed by atoms with Crippen molar-refractivity contribution in [3.8, 4) is 0 Å². The molecule has 0 bridgehead atoms. The number of hydrogen-bond donors (Lipinski definition) is 1. The molecule has 3 nitrogen and oxygen atoms in total. The lowest BCUT2D eigenvalue weighted by Gasteiger charge is -2.14. The van der Waals surface area contributed by atoms with Crippen LogP contribution in [0.1, 0.15) is 22.0 Å². The average Bonchev–Trinajstić information content (AvgIpc) is 2.46. The van der Waals surface area contributed by atoms with Gasteiger partial charge in [0.2, 0.25) is 0 Å². The number of ketones is 1. The summed E-state index contributed by atoms with van der Waals surface area (Å²) < 4.78 is 0.838. The second-order valence-electron chi connectivity index (χ2n) is 4.76. The molecule has 0 radical (unpaired) electrons. The summed E-state index contributed by atoms with van der Waals surface area (Å²) >= 11 is 3.33. The van der Waals surface area contributed by atoms with Crippen LogP contribution in [0.15, 0.2) is 53.0 Å². The summed E-state index contributed by atoms with van der Waals surface area (Å²) in [5.41, 5.74) is 2.10. The van der Waals surface area contributed by atoms with Crippen LogP contribution in [0.5, 0.6) is 0 Å². The standard InChI is InChI=1S/C16H16BrNO2/c1-18(2)14-8-6-11(7-9-14)15(19)16(20)12-4-3-5-13(17)10-12/h3-10,16,20H,1-2H3. The molecule has 2 aromatic rings. The van der Waals surface area contributed by atoms with Crippen LogP contribution in [0.2, 0.25) is 0 Å². The SMILES string of the molecule is CN(C)c1ccc(C(=O)C(O)c2cccc(Br)c2)cc1. The van der Waals surface area contributed by atoms with E-state index in [0.29, 0.717) is 11.1 Å². The minimum absolute atomic E-state index is 0.298. The molecule has 4 heteroatoms. The third kappa shape index (κ3) is 3.26. The Bertz CT molecular complexity index is 608. The van der Waals surface area contributed by atoms with Crippen molar-refractivity contribution in [2.75, 3.05) is 19.0 Å². The van der Waals surface area contributed by atoms with Crippen molar-refractivity contribution < 1.29 is 9.90 Å². The zero-order valence-electron chi connectivity index (χ0n) is 11.4. The summed E-state index contributed by atoms with van der Waals surface area (Å²) in [4.78, 5) is 14.2. The fourth-order valence-corrected chi connectivity index (χ4v) is 2.33. The smallest absolute Gasteiger partial charge is 0.195 e. The molecule has 0 amide bonds. The van der Waals surface area contributed by atoms with E-state index >= 15 is 0 Å². The molecule has 0 saturated carbocycles. The van der Waals surface area contributed by atoms with Gasteiger partial charge in [0.05, 0.1) is 0 Å². The lowest BCUT2D eigenvalue weighted by molar-refractivity contribution is 0.0747. The van der Waals surface area contributed by atoms with Crippen molar-refractivity contribution >= 4 is 27.4 Å². The highest BCUT2D eigenvalue weighted by atomic mass is 79.9. The van der Waals surface area contributed by atoms with Gasteiger partial charge in [-0.15, -0.1) is 0 Å². The zero-order chi connectivity index (χ0) is 14.7. The number of rotatable bonds is 4. The molecule has 0 saturated heterocycles. The first kappa shape index (κ1) is 14.8. The van der Waals surface area contributed by atoms with E-state index < -0.39 is 6.10 Å². The summed E-state index contributed by atoms with van der Waals surface area (Å²) in [5, 5.41) is 10.2. The molecule has 0 fully saturated rings.